The highest BCUT2D eigenvalue weighted by atomic mass is 19.4. The van der Waals surface area contributed by atoms with Crippen molar-refractivity contribution in [1.82, 2.24) is 0 Å². The summed E-state index contributed by atoms with van der Waals surface area (Å²) < 4.78 is 49.9. The molecule has 0 radical (unpaired) electrons. The molecule has 0 fully saturated rings. The fourth-order valence-electron chi connectivity index (χ4n) is 1.21. The van der Waals surface area contributed by atoms with Gasteiger partial charge in [0.05, 0.1) is 5.56 Å². The van der Waals surface area contributed by atoms with E-state index in [1.807, 2.05) is 0 Å². The molecule has 0 aliphatic carbocycles. The minimum absolute atomic E-state index is 0.0537. The van der Waals surface area contributed by atoms with Gasteiger partial charge in [-0.1, -0.05) is 6.92 Å². The Bertz CT molecular complexity index is 343. The molecule has 0 saturated heterocycles. The fourth-order valence-corrected chi connectivity index (χ4v) is 1.21. The summed E-state index contributed by atoms with van der Waals surface area (Å²) in [6.45, 7) is 1.55. The van der Waals surface area contributed by atoms with Gasteiger partial charge in [-0.15, -0.1) is 0 Å². The first kappa shape index (κ1) is 10.8. The van der Waals surface area contributed by atoms with Gasteiger partial charge in [-0.3, -0.25) is 0 Å². The number of rotatable bonds is 1. The third kappa shape index (κ3) is 1.81. The molecule has 0 aliphatic heterocycles. The largest absolute Gasteiger partial charge is 0.419 e. The van der Waals surface area contributed by atoms with Crippen molar-refractivity contribution in [2.24, 2.45) is 0 Å². The van der Waals surface area contributed by atoms with E-state index in [0.29, 0.717) is 6.07 Å². The van der Waals surface area contributed by atoms with Crippen LogP contribution in [0.2, 0.25) is 0 Å². The predicted octanol–water partition coefficient (Wildman–Crippen LogP) is 2.99. The maximum atomic E-state index is 13.2. The van der Waals surface area contributed by atoms with Crippen LogP contribution < -0.4 is 5.73 Å². The number of nitrogen functional groups attached to an aromatic ring is 1. The molecule has 0 aliphatic rings. The molecule has 0 heterocycles. The maximum Gasteiger partial charge on any atom is 0.419 e. The Morgan fingerprint density at radius 3 is 2.29 bits per heavy atom. The average Bonchev–Trinajstić information content (AvgIpc) is 2.02. The van der Waals surface area contributed by atoms with Crippen LogP contribution in [0.1, 0.15) is 18.1 Å². The number of hydrogen-bond donors (Lipinski definition) is 1. The molecule has 0 amide bonds. The molecule has 0 unspecified atom stereocenters. The van der Waals surface area contributed by atoms with Crippen molar-refractivity contribution in [1.29, 1.82) is 0 Å². The predicted molar refractivity (Wildman–Crippen MR) is 45.2 cm³/mol. The minimum atomic E-state index is -4.66. The molecule has 0 bridgehead atoms. The van der Waals surface area contributed by atoms with Crippen LogP contribution in [-0.2, 0) is 12.6 Å². The summed E-state index contributed by atoms with van der Waals surface area (Å²) >= 11 is 0. The molecule has 14 heavy (non-hydrogen) atoms. The quantitative estimate of drug-likeness (QED) is 0.556. The zero-order valence-corrected chi connectivity index (χ0v) is 7.45. The molecule has 5 heteroatoms. The Balaban J connectivity index is 3.36. The molecule has 2 N–H and O–H groups in total. The van der Waals surface area contributed by atoms with Crippen molar-refractivity contribution in [2.75, 3.05) is 5.73 Å². The van der Waals surface area contributed by atoms with Gasteiger partial charge in [-0.25, -0.2) is 4.39 Å². The van der Waals surface area contributed by atoms with Gasteiger partial charge in [0.1, 0.15) is 5.82 Å². The van der Waals surface area contributed by atoms with Crippen LogP contribution in [0.25, 0.3) is 0 Å². The Morgan fingerprint density at radius 1 is 1.29 bits per heavy atom. The zero-order chi connectivity index (χ0) is 10.9. The molecule has 0 atom stereocenters. The fraction of sp³-hybridized carbons (Fsp3) is 0.333. The highest BCUT2D eigenvalue weighted by molar-refractivity contribution is 5.50. The molecule has 1 aromatic rings. The lowest BCUT2D eigenvalue weighted by Crippen LogP contribution is -2.11. The SMILES string of the molecule is CCc1c(N)ccc(C(F)(F)F)c1F. The third-order valence-corrected chi connectivity index (χ3v) is 1.94. The van der Waals surface area contributed by atoms with Crippen molar-refractivity contribution in [3.05, 3.63) is 29.1 Å². The standard InChI is InChI=1S/C9H9F4N/c1-2-5-7(14)4-3-6(8(5)10)9(11,12)13/h3-4H,2,14H2,1H3. The topological polar surface area (TPSA) is 26.0 Å². The van der Waals surface area contributed by atoms with E-state index in [2.05, 4.69) is 0 Å². The number of alkyl halides is 3. The van der Waals surface area contributed by atoms with E-state index < -0.39 is 17.6 Å². The summed E-state index contributed by atoms with van der Waals surface area (Å²) in [6, 6.07) is 1.73. The molecular formula is C9H9F4N. The van der Waals surface area contributed by atoms with E-state index in [1.165, 1.54) is 0 Å². The minimum Gasteiger partial charge on any atom is -0.398 e. The molecule has 0 saturated carbocycles. The second kappa shape index (κ2) is 3.48. The second-order valence-corrected chi connectivity index (χ2v) is 2.85. The molecular weight excluding hydrogens is 198 g/mol. The Hall–Kier alpha value is -1.26. The highest BCUT2D eigenvalue weighted by Gasteiger charge is 2.35. The summed E-state index contributed by atoms with van der Waals surface area (Å²) in [7, 11) is 0. The van der Waals surface area contributed by atoms with Gasteiger partial charge in [0.2, 0.25) is 0 Å². The lowest BCUT2D eigenvalue weighted by Gasteiger charge is -2.12. The van der Waals surface area contributed by atoms with Crippen LogP contribution in [0.5, 0.6) is 0 Å². The number of hydrogen-bond acceptors (Lipinski definition) is 1. The summed E-state index contributed by atoms with van der Waals surface area (Å²) in [6.07, 6.45) is -4.52. The first-order valence-corrected chi connectivity index (χ1v) is 4.02. The summed E-state index contributed by atoms with van der Waals surface area (Å²) in [5.41, 5.74) is 4.05. The van der Waals surface area contributed by atoms with Gasteiger partial charge in [0.15, 0.2) is 0 Å². The van der Waals surface area contributed by atoms with E-state index in [9.17, 15) is 17.6 Å². The van der Waals surface area contributed by atoms with E-state index in [-0.39, 0.29) is 17.7 Å². The van der Waals surface area contributed by atoms with Crippen molar-refractivity contribution < 1.29 is 17.6 Å². The van der Waals surface area contributed by atoms with Gasteiger partial charge in [-0.2, -0.15) is 13.2 Å². The van der Waals surface area contributed by atoms with E-state index in [4.69, 9.17) is 5.73 Å². The molecule has 0 aromatic heterocycles. The van der Waals surface area contributed by atoms with Crippen LogP contribution in [0.15, 0.2) is 12.1 Å². The monoisotopic (exact) mass is 207 g/mol. The van der Waals surface area contributed by atoms with Crippen LogP contribution >= 0.6 is 0 Å². The van der Waals surface area contributed by atoms with Crippen LogP contribution in [0, 0.1) is 5.82 Å². The van der Waals surface area contributed by atoms with Gasteiger partial charge >= 0.3 is 6.18 Å². The smallest absolute Gasteiger partial charge is 0.398 e. The first-order valence-electron chi connectivity index (χ1n) is 4.02. The van der Waals surface area contributed by atoms with Crippen molar-refractivity contribution in [2.45, 2.75) is 19.5 Å². The van der Waals surface area contributed by atoms with Crippen molar-refractivity contribution in [3.63, 3.8) is 0 Å². The summed E-state index contributed by atoms with van der Waals surface area (Å²) in [4.78, 5) is 0. The van der Waals surface area contributed by atoms with Crippen LogP contribution in [0.3, 0.4) is 0 Å². The van der Waals surface area contributed by atoms with Crippen LogP contribution in [-0.4, -0.2) is 0 Å². The zero-order valence-electron chi connectivity index (χ0n) is 7.45. The van der Waals surface area contributed by atoms with E-state index in [0.717, 1.165) is 6.07 Å². The lowest BCUT2D eigenvalue weighted by molar-refractivity contribution is -0.140. The first-order chi connectivity index (χ1) is 6.38. The van der Waals surface area contributed by atoms with Gasteiger partial charge in [0, 0.05) is 11.3 Å². The summed E-state index contributed by atoms with van der Waals surface area (Å²) in [5, 5.41) is 0. The highest BCUT2D eigenvalue weighted by Crippen LogP contribution is 2.34. The van der Waals surface area contributed by atoms with Gasteiger partial charge in [0.25, 0.3) is 0 Å². The number of benzene rings is 1. The molecule has 0 spiro atoms. The molecule has 1 aromatic carbocycles. The van der Waals surface area contributed by atoms with Crippen LogP contribution in [0.4, 0.5) is 23.2 Å². The van der Waals surface area contributed by atoms with E-state index >= 15 is 0 Å². The van der Waals surface area contributed by atoms with Crippen molar-refractivity contribution >= 4 is 5.69 Å². The molecule has 1 nitrogen and oxygen atoms in total. The Kier molecular flexibility index (Phi) is 2.69. The normalized spacial score (nSPS) is 11.8. The number of nitrogens with two attached hydrogens (primary N) is 1. The van der Waals surface area contributed by atoms with E-state index in [1.54, 1.807) is 6.92 Å². The average molecular weight is 207 g/mol. The molecule has 78 valence electrons. The third-order valence-electron chi connectivity index (χ3n) is 1.94. The number of halogens is 4. The van der Waals surface area contributed by atoms with Gasteiger partial charge in [-0.05, 0) is 18.6 Å². The van der Waals surface area contributed by atoms with Gasteiger partial charge < -0.3 is 5.73 Å². The second-order valence-electron chi connectivity index (χ2n) is 2.85. The Labute approximate surface area is 78.5 Å². The lowest BCUT2D eigenvalue weighted by atomic mass is 10.1. The molecule has 1 rings (SSSR count). The summed E-state index contributed by atoms with van der Waals surface area (Å²) in [5.74, 6) is -1.26. The van der Waals surface area contributed by atoms with Crippen molar-refractivity contribution in [3.8, 4) is 0 Å². The maximum absolute atomic E-state index is 13.2. The number of anilines is 1. The Morgan fingerprint density at radius 2 is 1.86 bits per heavy atom.